The van der Waals surface area contributed by atoms with E-state index in [2.05, 4.69) is 0 Å². The van der Waals surface area contributed by atoms with E-state index in [1.807, 2.05) is 0 Å². The topological polar surface area (TPSA) is 90.0 Å². The maximum atomic E-state index is 13.2. The number of carbonyl (C=O) groups is 2. The summed E-state index contributed by atoms with van der Waals surface area (Å²) >= 11 is 0. The van der Waals surface area contributed by atoms with E-state index >= 15 is 0 Å². The minimum absolute atomic E-state index is 0.0492. The standard InChI is InChI=1S/C20H23NO6S/c1-4-26-19(22)14-21(28(24,25)17-9-7-6-8-10-17)18-12-11-16(13-15(18)3)20(23)27-5-2/h6-13H,4-5,14H2,1-3H3. The van der Waals surface area contributed by atoms with Crippen molar-refractivity contribution < 1.29 is 27.5 Å². The molecule has 0 fully saturated rings. The zero-order valence-electron chi connectivity index (χ0n) is 16.0. The van der Waals surface area contributed by atoms with Crippen molar-refractivity contribution >= 4 is 27.6 Å². The maximum absolute atomic E-state index is 13.2. The van der Waals surface area contributed by atoms with Crippen LogP contribution in [-0.4, -0.2) is 40.1 Å². The van der Waals surface area contributed by atoms with Gasteiger partial charge in [-0.25, -0.2) is 13.2 Å². The number of rotatable bonds is 8. The molecule has 0 aliphatic carbocycles. The highest BCUT2D eigenvalue weighted by molar-refractivity contribution is 7.92. The zero-order chi connectivity index (χ0) is 20.7. The second-order valence-corrected chi connectivity index (χ2v) is 7.71. The summed E-state index contributed by atoms with van der Waals surface area (Å²) in [6.07, 6.45) is 0. The number of carbonyl (C=O) groups excluding carboxylic acids is 2. The molecule has 0 aromatic heterocycles. The monoisotopic (exact) mass is 405 g/mol. The fourth-order valence-electron chi connectivity index (χ4n) is 2.62. The van der Waals surface area contributed by atoms with Gasteiger partial charge in [0.25, 0.3) is 10.0 Å². The van der Waals surface area contributed by atoms with Crippen LogP contribution in [0.25, 0.3) is 0 Å². The van der Waals surface area contributed by atoms with Gasteiger partial charge in [-0.05, 0) is 56.7 Å². The Bertz CT molecular complexity index is 940. The number of nitrogens with zero attached hydrogens (tertiary/aromatic N) is 1. The van der Waals surface area contributed by atoms with Crippen molar-refractivity contribution in [2.24, 2.45) is 0 Å². The SMILES string of the molecule is CCOC(=O)CN(c1ccc(C(=O)OCC)cc1C)S(=O)(=O)c1ccccc1. The summed E-state index contributed by atoms with van der Waals surface area (Å²) in [5.74, 6) is -1.17. The van der Waals surface area contributed by atoms with E-state index < -0.39 is 28.5 Å². The normalized spacial score (nSPS) is 11.0. The van der Waals surface area contributed by atoms with Crippen molar-refractivity contribution in [2.75, 3.05) is 24.1 Å². The molecule has 0 atom stereocenters. The number of benzene rings is 2. The summed E-state index contributed by atoms with van der Waals surface area (Å²) in [5, 5.41) is 0. The van der Waals surface area contributed by atoms with E-state index in [4.69, 9.17) is 9.47 Å². The summed E-state index contributed by atoms with van der Waals surface area (Å²) in [5.41, 5.74) is 1.09. The number of esters is 2. The van der Waals surface area contributed by atoms with Crippen LogP contribution in [0.1, 0.15) is 29.8 Å². The lowest BCUT2D eigenvalue weighted by molar-refractivity contribution is -0.141. The van der Waals surface area contributed by atoms with Crippen LogP contribution in [0.4, 0.5) is 5.69 Å². The molecule has 0 heterocycles. The molecule has 2 aromatic rings. The van der Waals surface area contributed by atoms with E-state index in [0.29, 0.717) is 11.1 Å². The summed E-state index contributed by atoms with van der Waals surface area (Å²) in [6, 6.07) is 12.3. The predicted molar refractivity (Wildman–Crippen MR) is 105 cm³/mol. The van der Waals surface area contributed by atoms with Crippen LogP contribution in [0.3, 0.4) is 0 Å². The van der Waals surface area contributed by atoms with Crippen molar-refractivity contribution in [1.82, 2.24) is 0 Å². The zero-order valence-corrected chi connectivity index (χ0v) is 16.9. The first-order valence-electron chi connectivity index (χ1n) is 8.82. The van der Waals surface area contributed by atoms with Crippen LogP contribution >= 0.6 is 0 Å². The van der Waals surface area contributed by atoms with Gasteiger partial charge >= 0.3 is 11.9 Å². The van der Waals surface area contributed by atoms with Gasteiger partial charge in [-0.15, -0.1) is 0 Å². The Morgan fingerprint density at radius 3 is 2.18 bits per heavy atom. The number of ether oxygens (including phenoxy) is 2. The Labute approximate surface area is 164 Å². The van der Waals surface area contributed by atoms with Crippen molar-refractivity contribution in [1.29, 1.82) is 0 Å². The average Bonchev–Trinajstić information content (AvgIpc) is 2.67. The van der Waals surface area contributed by atoms with Gasteiger partial charge in [0.05, 0.1) is 29.4 Å². The van der Waals surface area contributed by atoms with Gasteiger partial charge < -0.3 is 9.47 Å². The van der Waals surface area contributed by atoms with Gasteiger partial charge in [-0.2, -0.15) is 0 Å². The lowest BCUT2D eigenvalue weighted by Crippen LogP contribution is -2.37. The summed E-state index contributed by atoms with van der Waals surface area (Å²) in [6.45, 7) is 4.90. The van der Waals surface area contributed by atoms with Gasteiger partial charge in [0.15, 0.2) is 0 Å². The molecule has 0 N–H and O–H groups in total. The van der Waals surface area contributed by atoms with Crippen LogP contribution in [0, 0.1) is 6.92 Å². The number of aryl methyl sites for hydroxylation is 1. The fourth-order valence-corrected chi connectivity index (χ4v) is 4.11. The Morgan fingerprint density at radius 1 is 0.964 bits per heavy atom. The molecule has 0 spiro atoms. The number of hydrogen-bond donors (Lipinski definition) is 0. The molecular formula is C20H23NO6S. The first-order valence-corrected chi connectivity index (χ1v) is 10.3. The Balaban J connectivity index is 2.50. The highest BCUT2D eigenvalue weighted by Crippen LogP contribution is 2.28. The van der Waals surface area contributed by atoms with Crippen molar-refractivity contribution in [3.63, 3.8) is 0 Å². The Morgan fingerprint density at radius 2 is 1.61 bits per heavy atom. The lowest BCUT2D eigenvalue weighted by atomic mass is 10.1. The highest BCUT2D eigenvalue weighted by Gasteiger charge is 2.29. The van der Waals surface area contributed by atoms with Crippen LogP contribution in [0.2, 0.25) is 0 Å². The van der Waals surface area contributed by atoms with Crippen molar-refractivity contribution in [2.45, 2.75) is 25.7 Å². The molecule has 0 saturated heterocycles. The van der Waals surface area contributed by atoms with Gasteiger partial charge in [0.1, 0.15) is 6.54 Å². The predicted octanol–water partition coefficient (Wildman–Crippen LogP) is 2.93. The Hall–Kier alpha value is -2.87. The van der Waals surface area contributed by atoms with Crippen LogP contribution in [0.5, 0.6) is 0 Å². The summed E-state index contributed by atoms with van der Waals surface area (Å²) in [4.78, 5) is 24.1. The van der Waals surface area contributed by atoms with Crippen LogP contribution < -0.4 is 4.31 Å². The first kappa shape index (κ1) is 21.4. The third kappa shape index (κ3) is 4.89. The molecule has 0 radical (unpaired) electrons. The molecule has 2 aromatic carbocycles. The van der Waals surface area contributed by atoms with Gasteiger partial charge in [0, 0.05) is 0 Å². The first-order chi connectivity index (χ1) is 13.3. The smallest absolute Gasteiger partial charge is 0.338 e. The second-order valence-electron chi connectivity index (χ2n) is 5.85. The molecule has 0 amide bonds. The molecule has 7 nitrogen and oxygen atoms in total. The average molecular weight is 405 g/mol. The third-order valence-electron chi connectivity index (χ3n) is 3.89. The minimum atomic E-state index is -4.02. The number of hydrogen-bond acceptors (Lipinski definition) is 6. The van der Waals surface area contributed by atoms with Crippen molar-refractivity contribution in [3.8, 4) is 0 Å². The number of sulfonamides is 1. The van der Waals surface area contributed by atoms with Gasteiger partial charge in [0.2, 0.25) is 0 Å². The second kappa shape index (κ2) is 9.36. The van der Waals surface area contributed by atoms with E-state index in [9.17, 15) is 18.0 Å². The largest absolute Gasteiger partial charge is 0.465 e. The molecule has 2 rings (SSSR count). The molecule has 0 saturated carbocycles. The lowest BCUT2D eigenvalue weighted by Gasteiger charge is -2.25. The van der Waals surface area contributed by atoms with E-state index in [-0.39, 0.29) is 23.8 Å². The third-order valence-corrected chi connectivity index (χ3v) is 5.66. The van der Waals surface area contributed by atoms with Gasteiger partial charge in [-0.1, -0.05) is 18.2 Å². The van der Waals surface area contributed by atoms with E-state index in [0.717, 1.165) is 4.31 Å². The molecule has 0 bridgehead atoms. The molecular weight excluding hydrogens is 382 g/mol. The highest BCUT2D eigenvalue weighted by atomic mass is 32.2. The maximum Gasteiger partial charge on any atom is 0.338 e. The van der Waals surface area contributed by atoms with E-state index in [1.54, 1.807) is 39.0 Å². The molecule has 0 aliphatic heterocycles. The molecule has 8 heteroatoms. The molecule has 28 heavy (non-hydrogen) atoms. The molecule has 150 valence electrons. The fraction of sp³-hybridized carbons (Fsp3) is 0.300. The van der Waals surface area contributed by atoms with Crippen molar-refractivity contribution in [3.05, 3.63) is 59.7 Å². The summed E-state index contributed by atoms with van der Waals surface area (Å²) < 4.78 is 37.2. The van der Waals surface area contributed by atoms with E-state index in [1.165, 1.54) is 30.3 Å². The minimum Gasteiger partial charge on any atom is -0.465 e. The molecule has 0 unspecified atom stereocenters. The van der Waals surface area contributed by atoms with Crippen LogP contribution in [0.15, 0.2) is 53.4 Å². The van der Waals surface area contributed by atoms with Gasteiger partial charge in [-0.3, -0.25) is 9.10 Å². The Kier molecular flexibility index (Phi) is 7.17. The quantitative estimate of drug-likeness (QED) is 0.627. The summed E-state index contributed by atoms with van der Waals surface area (Å²) in [7, 11) is -4.02. The number of anilines is 1. The van der Waals surface area contributed by atoms with Crippen LogP contribution in [-0.2, 0) is 24.3 Å². The molecule has 0 aliphatic rings.